The average molecular weight is 291 g/mol. The van der Waals surface area contributed by atoms with E-state index in [0.29, 0.717) is 6.42 Å². The lowest BCUT2D eigenvalue weighted by molar-refractivity contribution is -0.361. The van der Waals surface area contributed by atoms with Gasteiger partial charge in [0.2, 0.25) is 5.78 Å². The number of hydrogen-bond donors (Lipinski definition) is 1. The molecule has 1 aliphatic heterocycles. The summed E-state index contributed by atoms with van der Waals surface area (Å²) in [5.41, 5.74) is -0.989. The molecule has 5 heteroatoms. The predicted molar refractivity (Wildman–Crippen MR) is 78.6 cm³/mol. The van der Waals surface area contributed by atoms with Crippen LogP contribution in [0.15, 0.2) is 24.4 Å². The number of ketones is 1. The van der Waals surface area contributed by atoms with Crippen LogP contribution in [0.4, 0.5) is 5.82 Å². The summed E-state index contributed by atoms with van der Waals surface area (Å²) in [7, 11) is 0. The summed E-state index contributed by atoms with van der Waals surface area (Å²) in [6, 6.07) is 5.59. The maximum absolute atomic E-state index is 12.4. The maximum Gasteiger partial charge on any atom is 0.310 e. The summed E-state index contributed by atoms with van der Waals surface area (Å²) in [5, 5.41) is 3.02. The third kappa shape index (κ3) is 3.80. The van der Waals surface area contributed by atoms with Crippen LogP contribution >= 0.6 is 0 Å². The van der Waals surface area contributed by atoms with Crippen molar-refractivity contribution in [2.45, 2.75) is 45.1 Å². The number of unbranched alkanes of at least 4 members (excludes halogenated alkanes) is 1. The zero-order chi connectivity index (χ0) is 15.3. The minimum absolute atomic E-state index is 0.0906. The first-order valence-electron chi connectivity index (χ1n) is 7.52. The minimum atomic E-state index is -0.989. The first kappa shape index (κ1) is 15.5. The van der Waals surface area contributed by atoms with Crippen molar-refractivity contribution in [1.82, 2.24) is 0 Å². The number of ether oxygens (including phenoxy) is 1. The molecule has 1 aromatic rings. The summed E-state index contributed by atoms with van der Waals surface area (Å²) >= 11 is 0. The average Bonchev–Trinajstić information content (AvgIpc) is 2.79. The van der Waals surface area contributed by atoms with Gasteiger partial charge in [0.05, 0.1) is 12.1 Å². The summed E-state index contributed by atoms with van der Waals surface area (Å²) < 4.78 is 5.37. The molecule has 1 saturated heterocycles. The largest absolute Gasteiger partial charge is 0.451 e. The van der Waals surface area contributed by atoms with E-state index in [1.165, 1.54) is 0 Å². The Morgan fingerprint density at radius 1 is 1.52 bits per heavy atom. The van der Waals surface area contributed by atoms with Crippen molar-refractivity contribution in [2.24, 2.45) is 5.92 Å². The summed E-state index contributed by atoms with van der Waals surface area (Å²) in [6.07, 6.45) is 5.11. The molecule has 1 aliphatic rings. The summed E-state index contributed by atoms with van der Waals surface area (Å²) in [6.45, 7) is 3.95. The van der Waals surface area contributed by atoms with Crippen LogP contribution in [0.3, 0.4) is 0 Å². The number of aromatic amines is 1. The molecular formula is C16H23N2O3+. The molecule has 2 rings (SSSR count). The Morgan fingerprint density at radius 3 is 3.00 bits per heavy atom. The van der Waals surface area contributed by atoms with Gasteiger partial charge in [-0.25, -0.2) is 4.98 Å². The summed E-state index contributed by atoms with van der Waals surface area (Å²) in [5.74, 6) is 0.307. The zero-order valence-electron chi connectivity index (χ0n) is 12.6. The first-order valence-corrected chi connectivity index (χ1v) is 7.52. The van der Waals surface area contributed by atoms with Gasteiger partial charge in [-0.05, 0) is 19.4 Å². The van der Waals surface area contributed by atoms with Gasteiger partial charge in [-0.15, -0.1) is 0 Å². The highest BCUT2D eigenvalue weighted by Crippen LogP contribution is 2.34. The SMILES string of the molecule is CCCC[C@H]1C[C@@](C)(C(=O)CNc2cccc[nH+]2)OC1=O. The molecule has 0 bridgehead atoms. The topological polar surface area (TPSA) is 69.5 Å². The van der Waals surface area contributed by atoms with E-state index >= 15 is 0 Å². The van der Waals surface area contributed by atoms with E-state index in [2.05, 4.69) is 17.2 Å². The number of rotatable bonds is 7. The highest BCUT2D eigenvalue weighted by molar-refractivity contribution is 5.94. The van der Waals surface area contributed by atoms with Crippen molar-refractivity contribution < 1.29 is 19.3 Å². The molecular weight excluding hydrogens is 268 g/mol. The molecule has 0 aliphatic carbocycles. The molecule has 0 saturated carbocycles. The van der Waals surface area contributed by atoms with Crippen LogP contribution in [0.5, 0.6) is 0 Å². The third-order valence-electron chi connectivity index (χ3n) is 3.94. The second-order valence-electron chi connectivity index (χ2n) is 5.75. The normalized spacial score (nSPS) is 24.7. The standard InChI is InChI=1S/C16H22N2O3/c1-3-4-7-12-10-16(2,21-15(12)20)13(19)11-18-14-8-5-6-9-17-14/h5-6,8-9,12H,3-4,7,10-11H2,1-2H3,(H,17,18)/p+1/t12-,16-/m0/s1. The smallest absolute Gasteiger partial charge is 0.310 e. The molecule has 114 valence electrons. The fourth-order valence-corrected chi connectivity index (χ4v) is 2.61. The van der Waals surface area contributed by atoms with Crippen molar-refractivity contribution in [3.05, 3.63) is 24.4 Å². The van der Waals surface area contributed by atoms with Crippen molar-refractivity contribution in [2.75, 3.05) is 11.9 Å². The van der Waals surface area contributed by atoms with E-state index in [4.69, 9.17) is 4.74 Å². The number of hydrogen-bond acceptors (Lipinski definition) is 4. The lowest BCUT2D eigenvalue weighted by atomic mass is 9.89. The number of nitrogens with one attached hydrogen (secondary N) is 2. The molecule has 5 nitrogen and oxygen atoms in total. The van der Waals surface area contributed by atoms with Crippen LogP contribution in [-0.4, -0.2) is 23.9 Å². The molecule has 0 radical (unpaired) electrons. The van der Waals surface area contributed by atoms with Crippen LogP contribution in [0.1, 0.15) is 39.5 Å². The highest BCUT2D eigenvalue weighted by atomic mass is 16.6. The van der Waals surface area contributed by atoms with Crippen molar-refractivity contribution in [3.63, 3.8) is 0 Å². The van der Waals surface area contributed by atoms with Crippen LogP contribution in [0, 0.1) is 5.92 Å². The van der Waals surface area contributed by atoms with Crippen LogP contribution in [0.25, 0.3) is 0 Å². The molecule has 2 atom stereocenters. The van der Waals surface area contributed by atoms with E-state index in [-0.39, 0.29) is 24.2 Å². The Kier molecular flexibility index (Phi) is 4.94. The number of H-pyrrole nitrogens is 1. The van der Waals surface area contributed by atoms with E-state index in [0.717, 1.165) is 25.1 Å². The lowest BCUT2D eigenvalue weighted by Gasteiger charge is -2.19. The highest BCUT2D eigenvalue weighted by Gasteiger charge is 2.48. The number of carbonyl (C=O) groups excluding carboxylic acids is 2. The first-order chi connectivity index (χ1) is 10.0. The molecule has 1 aromatic heterocycles. The second kappa shape index (κ2) is 6.70. The van der Waals surface area contributed by atoms with Crippen molar-refractivity contribution in [1.29, 1.82) is 0 Å². The molecule has 2 heterocycles. The van der Waals surface area contributed by atoms with Gasteiger partial charge in [0.15, 0.2) is 5.60 Å². The van der Waals surface area contributed by atoms with Crippen LogP contribution < -0.4 is 10.3 Å². The van der Waals surface area contributed by atoms with Gasteiger partial charge in [0, 0.05) is 12.5 Å². The zero-order valence-corrected chi connectivity index (χ0v) is 12.6. The number of pyridine rings is 1. The summed E-state index contributed by atoms with van der Waals surface area (Å²) in [4.78, 5) is 27.2. The number of Topliss-reactive ketones (excluding diaryl/α,β-unsaturated/α-hetero) is 1. The van der Waals surface area contributed by atoms with Crippen molar-refractivity contribution >= 4 is 17.6 Å². The van der Waals surface area contributed by atoms with Gasteiger partial charge >= 0.3 is 5.97 Å². The van der Waals surface area contributed by atoms with Gasteiger partial charge in [-0.3, -0.25) is 14.9 Å². The van der Waals surface area contributed by atoms with Gasteiger partial charge in [0.1, 0.15) is 6.54 Å². The van der Waals surface area contributed by atoms with E-state index < -0.39 is 5.60 Å². The Hall–Kier alpha value is -1.91. The molecule has 21 heavy (non-hydrogen) atoms. The maximum atomic E-state index is 12.4. The molecule has 2 N–H and O–H groups in total. The quantitative estimate of drug-likeness (QED) is 0.780. The van der Waals surface area contributed by atoms with Gasteiger partial charge in [0.25, 0.3) is 5.82 Å². The van der Waals surface area contributed by atoms with Crippen LogP contribution in [-0.2, 0) is 14.3 Å². The monoisotopic (exact) mass is 291 g/mol. The lowest BCUT2D eigenvalue weighted by Crippen LogP contribution is -2.39. The number of anilines is 1. The van der Waals surface area contributed by atoms with Crippen LogP contribution in [0.2, 0.25) is 0 Å². The fraction of sp³-hybridized carbons (Fsp3) is 0.562. The Bertz CT molecular complexity index is 504. The Balaban J connectivity index is 1.91. The molecule has 0 aromatic carbocycles. The minimum Gasteiger partial charge on any atom is -0.451 e. The Morgan fingerprint density at radius 2 is 2.33 bits per heavy atom. The van der Waals surface area contributed by atoms with Crippen molar-refractivity contribution in [3.8, 4) is 0 Å². The molecule has 0 unspecified atom stereocenters. The number of esters is 1. The third-order valence-corrected chi connectivity index (χ3v) is 3.94. The molecule has 1 fully saturated rings. The van der Waals surface area contributed by atoms with Gasteiger partial charge in [-0.1, -0.05) is 25.8 Å². The second-order valence-corrected chi connectivity index (χ2v) is 5.75. The molecule has 0 spiro atoms. The number of carbonyl (C=O) groups is 2. The molecule has 0 amide bonds. The number of aromatic nitrogens is 1. The fourth-order valence-electron chi connectivity index (χ4n) is 2.61. The Labute approximate surface area is 125 Å². The van der Waals surface area contributed by atoms with E-state index in [1.807, 2.05) is 18.2 Å². The predicted octanol–water partition coefficient (Wildman–Crippen LogP) is 1.99. The van der Waals surface area contributed by atoms with E-state index in [9.17, 15) is 9.59 Å². The van der Waals surface area contributed by atoms with Gasteiger partial charge < -0.3 is 4.74 Å². The number of cyclic esters (lactones) is 1. The van der Waals surface area contributed by atoms with Gasteiger partial charge in [-0.2, -0.15) is 0 Å². The van der Waals surface area contributed by atoms with E-state index in [1.54, 1.807) is 13.1 Å².